The standard InChI is InChI=1S/C13H19N3O/c1-3-4-7-14-9(2)10-5-6-11-12(8-10)16-13(17)15-11/h5-6,8-9,14H,3-4,7H2,1-2H3,(H2,15,16,17). The van der Waals surface area contributed by atoms with Gasteiger partial charge in [-0.15, -0.1) is 0 Å². The molecule has 17 heavy (non-hydrogen) atoms. The average molecular weight is 233 g/mol. The molecule has 0 bridgehead atoms. The molecule has 0 saturated heterocycles. The van der Waals surface area contributed by atoms with E-state index in [9.17, 15) is 4.79 Å². The van der Waals surface area contributed by atoms with Crippen molar-refractivity contribution in [2.45, 2.75) is 32.7 Å². The summed E-state index contributed by atoms with van der Waals surface area (Å²) in [5.41, 5.74) is 2.78. The molecule has 0 fully saturated rings. The minimum absolute atomic E-state index is 0.149. The number of imidazole rings is 1. The SMILES string of the molecule is CCCCNC(C)c1ccc2[nH]c(=O)[nH]c2c1. The Hall–Kier alpha value is -1.55. The third-order valence-corrected chi connectivity index (χ3v) is 3.02. The molecule has 0 aliphatic heterocycles. The van der Waals surface area contributed by atoms with Crippen LogP contribution in [0, 0.1) is 0 Å². The van der Waals surface area contributed by atoms with Gasteiger partial charge >= 0.3 is 5.69 Å². The molecule has 1 unspecified atom stereocenters. The lowest BCUT2D eigenvalue weighted by Gasteiger charge is -2.13. The molecular weight excluding hydrogens is 214 g/mol. The molecule has 0 spiro atoms. The van der Waals surface area contributed by atoms with E-state index in [1.807, 2.05) is 12.1 Å². The normalized spacial score (nSPS) is 13.1. The van der Waals surface area contributed by atoms with E-state index in [0.717, 1.165) is 17.6 Å². The van der Waals surface area contributed by atoms with Crippen LogP contribution in [-0.4, -0.2) is 16.5 Å². The van der Waals surface area contributed by atoms with Crippen LogP contribution in [-0.2, 0) is 0 Å². The minimum Gasteiger partial charge on any atom is -0.310 e. The van der Waals surface area contributed by atoms with Crippen LogP contribution in [0.25, 0.3) is 11.0 Å². The fourth-order valence-electron chi connectivity index (χ4n) is 1.93. The van der Waals surface area contributed by atoms with Crippen LogP contribution in [0.1, 0.15) is 38.3 Å². The zero-order valence-corrected chi connectivity index (χ0v) is 10.3. The number of hydrogen-bond donors (Lipinski definition) is 3. The highest BCUT2D eigenvalue weighted by Crippen LogP contribution is 2.16. The van der Waals surface area contributed by atoms with Gasteiger partial charge in [0.1, 0.15) is 0 Å². The second-order valence-corrected chi connectivity index (χ2v) is 4.41. The van der Waals surface area contributed by atoms with Crippen LogP contribution in [0.5, 0.6) is 0 Å². The van der Waals surface area contributed by atoms with Crippen molar-refractivity contribution in [1.29, 1.82) is 0 Å². The van der Waals surface area contributed by atoms with Crippen LogP contribution in [0.3, 0.4) is 0 Å². The van der Waals surface area contributed by atoms with Crippen molar-refractivity contribution < 1.29 is 0 Å². The highest BCUT2D eigenvalue weighted by atomic mass is 16.1. The monoisotopic (exact) mass is 233 g/mol. The summed E-state index contributed by atoms with van der Waals surface area (Å²) in [7, 11) is 0. The number of rotatable bonds is 5. The van der Waals surface area contributed by atoms with Crippen molar-refractivity contribution in [2.75, 3.05) is 6.54 Å². The molecule has 0 radical (unpaired) electrons. The number of nitrogens with one attached hydrogen (secondary N) is 3. The highest BCUT2D eigenvalue weighted by Gasteiger charge is 2.06. The van der Waals surface area contributed by atoms with Gasteiger partial charge in [0.15, 0.2) is 0 Å². The first-order valence-electron chi connectivity index (χ1n) is 6.16. The lowest BCUT2D eigenvalue weighted by molar-refractivity contribution is 0.555. The van der Waals surface area contributed by atoms with E-state index in [0.29, 0.717) is 6.04 Å². The van der Waals surface area contributed by atoms with Gasteiger partial charge in [0, 0.05) is 6.04 Å². The molecule has 2 aromatic rings. The van der Waals surface area contributed by atoms with Gasteiger partial charge in [-0.1, -0.05) is 19.4 Å². The Morgan fingerprint density at radius 3 is 2.82 bits per heavy atom. The molecule has 3 N–H and O–H groups in total. The zero-order valence-electron chi connectivity index (χ0n) is 10.3. The molecule has 0 amide bonds. The molecule has 4 heteroatoms. The predicted octanol–water partition coefficient (Wildman–Crippen LogP) is 2.31. The first-order valence-corrected chi connectivity index (χ1v) is 6.16. The maximum atomic E-state index is 11.2. The summed E-state index contributed by atoms with van der Waals surface area (Å²) in [4.78, 5) is 16.7. The van der Waals surface area contributed by atoms with E-state index < -0.39 is 0 Å². The number of benzene rings is 1. The summed E-state index contributed by atoms with van der Waals surface area (Å²) in [5, 5.41) is 3.47. The minimum atomic E-state index is -0.149. The number of unbranched alkanes of at least 4 members (excludes halogenated alkanes) is 1. The maximum absolute atomic E-state index is 11.2. The molecule has 92 valence electrons. The molecule has 4 nitrogen and oxygen atoms in total. The lowest BCUT2D eigenvalue weighted by atomic mass is 10.1. The summed E-state index contributed by atoms with van der Waals surface area (Å²) in [6, 6.07) is 6.33. The second-order valence-electron chi connectivity index (χ2n) is 4.41. The maximum Gasteiger partial charge on any atom is 0.323 e. The van der Waals surface area contributed by atoms with E-state index in [2.05, 4.69) is 35.2 Å². The Morgan fingerprint density at radius 1 is 1.29 bits per heavy atom. The molecule has 0 saturated carbocycles. The lowest BCUT2D eigenvalue weighted by Crippen LogP contribution is -2.19. The fourth-order valence-corrected chi connectivity index (χ4v) is 1.93. The van der Waals surface area contributed by atoms with Gasteiger partial charge < -0.3 is 15.3 Å². The number of aromatic amines is 2. The highest BCUT2D eigenvalue weighted by molar-refractivity contribution is 5.75. The summed E-state index contributed by atoms with van der Waals surface area (Å²) < 4.78 is 0. The van der Waals surface area contributed by atoms with Crippen LogP contribution < -0.4 is 11.0 Å². The first kappa shape index (κ1) is 11.9. The summed E-state index contributed by atoms with van der Waals surface area (Å²) in [6.07, 6.45) is 2.39. The van der Waals surface area contributed by atoms with Gasteiger partial charge in [-0.25, -0.2) is 4.79 Å². The molecule has 1 aromatic heterocycles. The third kappa shape index (κ3) is 2.77. The number of H-pyrrole nitrogens is 2. The van der Waals surface area contributed by atoms with Crippen molar-refractivity contribution in [3.8, 4) is 0 Å². The molecule has 1 aromatic carbocycles. The van der Waals surface area contributed by atoms with E-state index in [4.69, 9.17) is 0 Å². The van der Waals surface area contributed by atoms with E-state index >= 15 is 0 Å². The Balaban J connectivity index is 2.14. The Bertz CT molecular complexity index is 541. The van der Waals surface area contributed by atoms with Crippen LogP contribution in [0.2, 0.25) is 0 Å². The summed E-state index contributed by atoms with van der Waals surface area (Å²) >= 11 is 0. The van der Waals surface area contributed by atoms with Crippen LogP contribution >= 0.6 is 0 Å². The quantitative estimate of drug-likeness (QED) is 0.694. The largest absolute Gasteiger partial charge is 0.323 e. The van der Waals surface area contributed by atoms with Crippen molar-refractivity contribution in [3.63, 3.8) is 0 Å². The number of fused-ring (bicyclic) bond motifs is 1. The van der Waals surface area contributed by atoms with Crippen molar-refractivity contribution in [2.24, 2.45) is 0 Å². The van der Waals surface area contributed by atoms with Gasteiger partial charge in [-0.05, 0) is 37.6 Å². The van der Waals surface area contributed by atoms with Gasteiger partial charge in [-0.3, -0.25) is 0 Å². The van der Waals surface area contributed by atoms with Crippen molar-refractivity contribution in [3.05, 3.63) is 34.2 Å². The molecule has 0 aliphatic carbocycles. The number of hydrogen-bond acceptors (Lipinski definition) is 2. The van der Waals surface area contributed by atoms with Gasteiger partial charge in [0.2, 0.25) is 0 Å². The third-order valence-electron chi connectivity index (χ3n) is 3.02. The van der Waals surface area contributed by atoms with Crippen molar-refractivity contribution in [1.82, 2.24) is 15.3 Å². The molecular formula is C13H19N3O. The Labute approximate surface area is 100 Å². The van der Waals surface area contributed by atoms with E-state index in [1.165, 1.54) is 18.4 Å². The molecule has 1 heterocycles. The topological polar surface area (TPSA) is 60.7 Å². The predicted molar refractivity (Wildman–Crippen MR) is 70.2 cm³/mol. The van der Waals surface area contributed by atoms with Crippen LogP contribution in [0.15, 0.2) is 23.0 Å². The number of aromatic nitrogens is 2. The smallest absolute Gasteiger partial charge is 0.310 e. The fraction of sp³-hybridized carbons (Fsp3) is 0.462. The van der Waals surface area contributed by atoms with Gasteiger partial charge in [-0.2, -0.15) is 0 Å². The van der Waals surface area contributed by atoms with Gasteiger partial charge in [0.25, 0.3) is 0 Å². The first-order chi connectivity index (χ1) is 8.20. The zero-order chi connectivity index (χ0) is 12.3. The summed E-state index contributed by atoms with van der Waals surface area (Å²) in [5.74, 6) is 0. The van der Waals surface area contributed by atoms with E-state index in [1.54, 1.807) is 0 Å². The van der Waals surface area contributed by atoms with Crippen LogP contribution in [0.4, 0.5) is 0 Å². The van der Waals surface area contributed by atoms with Crippen molar-refractivity contribution >= 4 is 11.0 Å². The molecule has 2 rings (SSSR count). The molecule has 1 atom stereocenters. The Kier molecular flexibility index (Phi) is 3.64. The Morgan fingerprint density at radius 2 is 2.06 bits per heavy atom. The molecule has 0 aliphatic rings. The van der Waals surface area contributed by atoms with E-state index in [-0.39, 0.29) is 5.69 Å². The van der Waals surface area contributed by atoms with Gasteiger partial charge in [0.05, 0.1) is 11.0 Å². The summed E-state index contributed by atoms with van der Waals surface area (Å²) in [6.45, 7) is 5.35. The second kappa shape index (κ2) is 5.19. The average Bonchev–Trinajstić information content (AvgIpc) is 2.68.